The number of piperazine rings is 1. The van der Waals surface area contributed by atoms with Crippen molar-refractivity contribution < 1.29 is 32.2 Å². The van der Waals surface area contributed by atoms with Gasteiger partial charge in [0.25, 0.3) is 5.91 Å². The van der Waals surface area contributed by atoms with Gasteiger partial charge in [0.05, 0.1) is 28.5 Å². The number of carbonyl (C=O) groups is 1. The summed E-state index contributed by atoms with van der Waals surface area (Å²) in [5.74, 6) is -1.50. The normalized spacial score (nSPS) is 19.4. The molecule has 2 saturated heterocycles. The molecule has 0 aliphatic carbocycles. The van der Waals surface area contributed by atoms with E-state index in [2.05, 4.69) is 26.4 Å². The van der Waals surface area contributed by atoms with Crippen molar-refractivity contribution in [1.29, 1.82) is 0 Å². The van der Waals surface area contributed by atoms with Gasteiger partial charge in [-0.1, -0.05) is 18.2 Å². The maximum Gasteiger partial charge on any atom is 0.418 e. The number of aliphatic hydroxyl groups excluding tert-OH is 1. The highest BCUT2D eigenvalue weighted by Gasteiger charge is 2.39. The van der Waals surface area contributed by atoms with E-state index in [0.717, 1.165) is 25.5 Å². The van der Waals surface area contributed by atoms with E-state index in [4.69, 9.17) is 22.1 Å². The third kappa shape index (κ3) is 6.36. The summed E-state index contributed by atoms with van der Waals surface area (Å²) in [7, 11) is 1.97. The van der Waals surface area contributed by atoms with Crippen LogP contribution in [0.15, 0.2) is 24.3 Å². The van der Waals surface area contributed by atoms with Gasteiger partial charge in [-0.2, -0.15) is 23.1 Å². The van der Waals surface area contributed by atoms with Crippen molar-refractivity contribution in [3.8, 4) is 17.3 Å². The van der Waals surface area contributed by atoms with Crippen molar-refractivity contribution in [2.75, 3.05) is 57.1 Å². The van der Waals surface area contributed by atoms with Crippen LogP contribution in [0.4, 0.5) is 29.2 Å². The lowest BCUT2D eigenvalue weighted by Crippen LogP contribution is -2.54. The van der Waals surface area contributed by atoms with Crippen LogP contribution in [0.5, 0.6) is 6.01 Å². The van der Waals surface area contributed by atoms with Gasteiger partial charge in [0, 0.05) is 42.7 Å². The van der Waals surface area contributed by atoms with Crippen LogP contribution in [0, 0.1) is 12.7 Å². The van der Waals surface area contributed by atoms with Crippen LogP contribution in [0.2, 0.25) is 5.02 Å². The van der Waals surface area contributed by atoms with E-state index in [1.165, 1.54) is 13.0 Å². The molecule has 15 heteroatoms. The highest BCUT2D eigenvalue weighted by atomic mass is 35.5. The van der Waals surface area contributed by atoms with E-state index in [1.807, 2.05) is 18.9 Å². The number of rotatable bonds is 7. The molecule has 2 aromatic heterocycles. The van der Waals surface area contributed by atoms with Crippen LogP contribution in [0.1, 0.15) is 30.9 Å². The molecule has 1 amide bonds. The number of benzene rings is 1. The molecule has 45 heavy (non-hydrogen) atoms. The number of nitrogens with zero attached hydrogens (tertiary/aromatic N) is 6. The van der Waals surface area contributed by atoms with Crippen LogP contribution in [-0.4, -0.2) is 94.3 Å². The Morgan fingerprint density at radius 1 is 1.22 bits per heavy atom. The largest absolute Gasteiger partial charge is 0.462 e. The first kappa shape index (κ1) is 32.6. The number of aryl methyl sites for hydroxylation is 1. The van der Waals surface area contributed by atoms with Crippen molar-refractivity contribution in [3.63, 3.8) is 0 Å². The zero-order chi connectivity index (χ0) is 32.8. The second-order valence-electron chi connectivity index (χ2n) is 11.5. The summed E-state index contributed by atoms with van der Waals surface area (Å²) in [4.78, 5) is 31.0. The monoisotopic (exact) mass is 651 g/mol. The van der Waals surface area contributed by atoms with Crippen molar-refractivity contribution in [3.05, 3.63) is 46.3 Å². The number of hydrogen-bond donors (Lipinski definition) is 2. The Hall–Kier alpha value is -3.75. The molecule has 2 aliphatic rings. The number of carbonyl (C=O) groups excluding carboxylic acids is 1. The number of fused-ring (bicyclic) bond motifs is 1. The second-order valence-corrected chi connectivity index (χ2v) is 11.9. The van der Waals surface area contributed by atoms with Gasteiger partial charge in [-0.3, -0.25) is 4.79 Å². The predicted octanol–water partition coefficient (Wildman–Crippen LogP) is 4.45. The number of alkyl halides is 3. The lowest BCUT2D eigenvalue weighted by Gasteiger charge is -2.41. The molecule has 242 valence electrons. The SMILES string of the molecule is C=C(CO)C(=O)N1CCN(c2nc(OC[C@@H]3CCCN3C)nc3c(F)c(-c4nc(N)cc(C)c4C(F)(F)F)c(Cl)cc23)[C@@H](C)C1. The summed E-state index contributed by atoms with van der Waals surface area (Å²) < 4.78 is 65.2. The van der Waals surface area contributed by atoms with E-state index >= 15 is 4.39 Å². The number of nitrogen functional groups attached to an aromatic ring is 1. The smallest absolute Gasteiger partial charge is 0.418 e. The van der Waals surface area contributed by atoms with Gasteiger partial charge in [0.15, 0.2) is 5.82 Å². The molecule has 0 saturated carbocycles. The number of aliphatic hydroxyl groups is 1. The summed E-state index contributed by atoms with van der Waals surface area (Å²) in [6.45, 7) is 8.05. The van der Waals surface area contributed by atoms with E-state index < -0.39 is 35.4 Å². The fourth-order valence-electron chi connectivity index (χ4n) is 6.01. The zero-order valence-corrected chi connectivity index (χ0v) is 25.8. The highest BCUT2D eigenvalue weighted by Crippen LogP contribution is 2.44. The van der Waals surface area contributed by atoms with Gasteiger partial charge < -0.3 is 30.3 Å². The minimum absolute atomic E-state index is 0.0562. The Balaban J connectivity index is 1.65. The summed E-state index contributed by atoms with van der Waals surface area (Å²) in [6.07, 6.45) is -3.00. The summed E-state index contributed by atoms with van der Waals surface area (Å²) in [5, 5.41) is 9.17. The lowest BCUT2D eigenvalue weighted by atomic mass is 9.98. The second kappa shape index (κ2) is 12.6. The number of halogens is 5. The average molecular weight is 652 g/mol. The van der Waals surface area contributed by atoms with E-state index in [-0.39, 0.29) is 88.9 Å². The molecule has 10 nitrogen and oxygen atoms in total. The number of amides is 1. The quantitative estimate of drug-likeness (QED) is 0.282. The fourth-order valence-corrected chi connectivity index (χ4v) is 6.29. The maximum absolute atomic E-state index is 16.6. The van der Waals surface area contributed by atoms with E-state index in [0.29, 0.717) is 0 Å². The molecule has 2 aliphatic heterocycles. The van der Waals surface area contributed by atoms with Crippen molar-refractivity contribution in [1.82, 2.24) is 24.8 Å². The Labute approximate surface area is 262 Å². The molecule has 5 rings (SSSR count). The van der Waals surface area contributed by atoms with Crippen molar-refractivity contribution >= 4 is 40.0 Å². The molecular weight excluding hydrogens is 618 g/mol. The third-order valence-corrected chi connectivity index (χ3v) is 8.65. The van der Waals surface area contributed by atoms with Crippen molar-refractivity contribution in [2.45, 2.75) is 44.9 Å². The Bertz CT molecular complexity index is 1650. The average Bonchev–Trinajstić information content (AvgIpc) is 3.38. The maximum atomic E-state index is 16.6. The van der Waals surface area contributed by atoms with Gasteiger partial charge in [0.1, 0.15) is 23.8 Å². The molecule has 3 N–H and O–H groups in total. The first-order valence-electron chi connectivity index (χ1n) is 14.4. The van der Waals surface area contributed by atoms with Gasteiger partial charge in [-0.05, 0) is 58.0 Å². The van der Waals surface area contributed by atoms with Gasteiger partial charge in [-0.25, -0.2) is 9.37 Å². The minimum atomic E-state index is -4.88. The molecule has 1 aromatic carbocycles. The number of nitrogens with two attached hydrogens (primary N) is 1. The van der Waals surface area contributed by atoms with Gasteiger partial charge in [0.2, 0.25) is 0 Å². The minimum Gasteiger partial charge on any atom is -0.462 e. The first-order valence-corrected chi connectivity index (χ1v) is 14.8. The number of ether oxygens (including phenoxy) is 1. The molecular formula is C30H34ClF4N7O3. The van der Waals surface area contributed by atoms with Crippen LogP contribution < -0.4 is 15.4 Å². The highest BCUT2D eigenvalue weighted by molar-refractivity contribution is 6.34. The third-order valence-electron chi connectivity index (χ3n) is 8.36. The number of likely N-dealkylation sites (N-methyl/N-ethyl adjacent to an activating group) is 1. The summed E-state index contributed by atoms with van der Waals surface area (Å²) in [6, 6.07) is 1.96. The zero-order valence-electron chi connectivity index (χ0n) is 25.1. The molecule has 0 spiro atoms. The number of pyridine rings is 1. The predicted molar refractivity (Wildman–Crippen MR) is 163 cm³/mol. The topological polar surface area (TPSA) is 121 Å². The first-order chi connectivity index (χ1) is 21.2. The van der Waals surface area contributed by atoms with Gasteiger partial charge >= 0.3 is 12.2 Å². The molecule has 0 bridgehead atoms. The standard InChI is InChI=1S/C30H34ClF4N7O3/c1-15-10-21(36)37-26(23(15)30(33,34)35)22-20(31)11-19-25(24(22)32)38-29(45-14-18-6-5-7-40(18)4)39-27(19)42-9-8-41(12-17(42)3)28(44)16(2)13-43/h10-11,17-18,43H,2,5-9,12-14H2,1,3-4H3,(H2,36,37)/t17-,18-/m0/s1. The number of hydrogen-bond acceptors (Lipinski definition) is 9. The van der Waals surface area contributed by atoms with Crippen LogP contribution in [-0.2, 0) is 11.0 Å². The molecule has 4 heterocycles. The Kier molecular flexibility index (Phi) is 9.11. The molecule has 2 fully saturated rings. The number of likely N-dealkylation sites (tertiary alicyclic amines) is 1. The fraction of sp³-hybridized carbons (Fsp3) is 0.467. The van der Waals surface area contributed by atoms with Crippen LogP contribution in [0.25, 0.3) is 22.2 Å². The summed E-state index contributed by atoms with van der Waals surface area (Å²) in [5.41, 5.74) is 2.82. The van der Waals surface area contributed by atoms with Gasteiger partial charge in [-0.15, -0.1) is 0 Å². The Morgan fingerprint density at radius 3 is 2.58 bits per heavy atom. The van der Waals surface area contributed by atoms with Crippen LogP contribution in [0.3, 0.4) is 0 Å². The van der Waals surface area contributed by atoms with E-state index in [1.54, 1.807) is 4.90 Å². The molecule has 0 radical (unpaired) electrons. The van der Waals surface area contributed by atoms with Crippen LogP contribution >= 0.6 is 11.6 Å². The number of aromatic nitrogens is 3. The lowest BCUT2D eigenvalue weighted by molar-refractivity contribution is -0.137. The molecule has 3 aromatic rings. The van der Waals surface area contributed by atoms with Crippen molar-refractivity contribution in [2.24, 2.45) is 0 Å². The Morgan fingerprint density at radius 2 is 1.96 bits per heavy atom. The van der Waals surface area contributed by atoms with E-state index in [9.17, 15) is 23.1 Å². The molecule has 0 unspecified atom stereocenters. The molecule has 2 atom stereocenters. The number of anilines is 2. The summed E-state index contributed by atoms with van der Waals surface area (Å²) >= 11 is 6.55.